The third-order valence-corrected chi connectivity index (χ3v) is 3.01. The molecule has 0 aromatic carbocycles. The van der Waals surface area contributed by atoms with Gasteiger partial charge in [0.1, 0.15) is 5.82 Å². The summed E-state index contributed by atoms with van der Waals surface area (Å²) in [5.41, 5.74) is 3.54. The van der Waals surface area contributed by atoms with Crippen LogP contribution in [-0.2, 0) is 0 Å². The number of aromatic nitrogens is 3. The molecule has 0 fully saturated rings. The Morgan fingerprint density at radius 3 is 2.72 bits per heavy atom. The van der Waals surface area contributed by atoms with Crippen LogP contribution in [0.5, 0.6) is 0 Å². The summed E-state index contributed by atoms with van der Waals surface area (Å²) >= 11 is 3.39. The average Bonchev–Trinajstić information content (AvgIpc) is 2.42. The molecule has 0 aliphatic rings. The summed E-state index contributed by atoms with van der Waals surface area (Å²) in [6.07, 6.45) is 5.16. The second-order valence-electron chi connectivity index (χ2n) is 3.68. The molecule has 0 saturated heterocycles. The van der Waals surface area contributed by atoms with Crippen molar-refractivity contribution in [3.63, 3.8) is 0 Å². The van der Waals surface area contributed by atoms with Gasteiger partial charge in [-0.2, -0.15) is 4.98 Å². The van der Waals surface area contributed by atoms with Crippen LogP contribution in [0.1, 0.15) is 18.5 Å². The van der Waals surface area contributed by atoms with Gasteiger partial charge >= 0.3 is 0 Å². The molecule has 18 heavy (non-hydrogen) atoms. The standard InChI is InChI=1S/C11H13BrN6/c1-7(8-2-4-14-5-3-8)16-10-9(12)6-15-11(17-10)18-13/h2-7H,13H2,1H3,(H2,15,16,17,18). The highest BCUT2D eigenvalue weighted by atomic mass is 79.9. The second-order valence-corrected chi connectivity index (χ2v) is 4.54. The maximum absolute atomic E-state index is 5.28. The van der Waals surface area contributed by atoms with E-state index >= 15 is 0 Å². The number of halogens is 1. The number of hydrogen-bond acceptors (Lipinski definition) is 6. The van der Waals surface area contributed by atoms with Gasteiger partial charge in [0.15, 0.2) is 0 Å². The van der Waals surface area contributed by atoms with E-state index in [1.54, 1.807) is 18.6 Å². The number of nitrogen functional groups attached to an aromatic ring is 1. The summed E-state index contributed by atoms with van der Waals surface area (Å²) in [5, 5.41) is 3.28. The Labute approximate surface area is 113 Å². The zero-order chi connectivity index (χ0) is 13.0. The number of anilines is 2. The minimum Gasteiger partial charge on any atom is -0.362 e. The molecule has 2 aromatic heterocycles. The van der Waals surface area contributed by atoms with Crippen LogP contribution in [0.15, 0.2) is 35.2 Å². The van der Waals surface area contributed by atoms with Gasteiger partial charge in [0.25, 0.3) is 0 Å². The number of nitrogens with two attached hydrogens (primary N) is 1. The van der Waals surface area contributed by atoms with Gasteiger partial charge in [0.05, 0.1) is 10.5 Å². The predicted octanol–water partition coefficient (Wildman–Crippen LogP) is 2.09. The average molecular weight is 309 g/mol. The lowest BCUT2D eigenvalue weighted by atomic mass is 10.1. The molecule has 0 radical (unpaired) electrons. The summed E-state index contributed by atoms with van der Waals surface area (Å²) in [5.74, 6) is 6.33. The smallest absolute Gasteiger partial charge is 0.239 e. The van der Waals surface area contributed by atoms with E-state index in [0.717, 1.165) is 10.0 Å². The lowest BCUT2D eigenvalue weighted by Gasteiger charge is -2.16. The third-order valence-electron chi connectivity index (χ3n) is 2.43. The molecule has 1 unspecified atom stereocenters. The van der Waals surface area contributed by atoms with E-state index in [9.17, 15) is 0 Å². The lowest BCUT2D eigenvalue weighted by Crippen LogP contribution is -2.13. The second kappa shape index (κ2) is 5.74. The Morgan fingerprint density at radius 2 is 2.06 bits per heavy atom. The molecule has 2 aromatic rings. The summed E-state index contributed by atoms with van der Waals surface area (Å²) in [4.78, 5) is 12.2. The maximum atomic E-state index is 5.28. The number of rotatable bonds is 4. The van der Waals surface area contributed by atoms with Crippen LogP contribution in [-0.4, -0.2) is 15.0 Å². The molecule has 2 heterocycles. The molecular weight excluding hydrogens is 296 g/mol. The molecule has 7 heteroatoms. The van der Waals surface area contributed by atoms with E-state index in [2.05, 4.69) is 41.6 Å². The van der Waals surface area contributed by atoms with Gasteiger partial charge in [-0.25, -0.2) is 10.8 Å². The van der Waals surface area contributed by atoms with Crippen molar-refractivity contribution in [1.82, 2.24) is 15.0 Å². The SMILES string of the molecule is CC(Nc1nc(NN)ncc1Br)c1ccncc1. The van der Waals surface area contributed by atoms with Crippen molar-refractivity contribution < 1.29 is 0 Å². The molecule has 4 N–H and O–H groups in total. The molecule has 6 nitrogen and oxygen atoms in total. The van der Waals surface area contributed by atoms with Gasteiger partial charge in [-0.05, 0) is 40.5 Å². The number of nitrogens with zero attached hydrogens (tertiary/aromatic N) is 3. The highest BCUT2D eigenvalue weighted by Gasteiger charge is 2.09. The molecule has 0 aliphatic heterocycles. The molecule has 2 rings (SSSR count). The van der Waals surface area contributed by atoms with Gasteiger partial charge in [-0.1, -0.05) is 0 Å². The molecule has 0 amide bonds. The van der Waals surface area contributed by atoms with Crippen molar-refractivity contribution in [2.75, 3.05) is 10.7 Å². The van der Waals surface area contributed by atoms with E-state index in [1.165, 1.54) is 0 Å². The first kappa shape index (κ1) is 12.7. The quantitative estimate of drug-likeness (QED) is 0.592. The van der Waals surface area contributed by atoms with Crippen molar-refractivity contribution in [3.05, 3.63) is 40.8 Å². The zero-order valence-electron chi connectivity index (χ0n) is 9.76. The normalized spacial score (nSPS) is 11.9. The Morgan fingerprint density at radius 1 is 1.33 bits per heavy atom. The zero-order valence-corrected chi connectivity index (χ0v) is 11.3. The summed E-state index contributed by atoms with van der Waals surface area (Å²) < 4.78 is 0.780. The van der Waals surface area contributed by atoms with Crippen molar-refractivity contribution in [1.29, 1.82) is 0 Å². The summed E-state index contributed by atoms with van der Waals surface area (Å²) in [6, 6.07) is 4.01. The Balaban J connectivity index is 2.18. The fourth-order valence-electron chi connectivity index (χ4n) is 1.48. The minimum absolute atomic E-state index is 0.102. The first-order chi connectivity index (χ1) is 8.70. The van der Waals surface area contributed by atoms with Crippen molar-refractivity contribution in [2.24, 2.45) is 5.84 Å². The van der Waals surface area contributed by atoms with E-state index in [-0.39, 0.29) is 6.04 Å². The van der Waals surface area contributed by atoms with Crippen LogP contribution >= 0.6 is 15.9 Å². The predicted molar refractivity (Wildman–Crippen MR) is 73.8 cm³/mol. The number of pyridine rings is 1. The molecule has 94 valence electrons. The minimum atomic E-state index is 0.102. The molecular formula is C11H13BrN6. The lowest BCUT2D eigenvalue weighted by molar-refractivity contribution is 0.866. The molecule has 1 atom stereocenters. The van der Waals surface area contributed by atoms with Crippen molar-refractivity contribution in [3.8, 4) is 0 Å². The van der Waals surface area contributed by atoms with Crippen LogP contribution in [0.4, 0.5) is 11.8 Å². The molecule has 0 aliphatic carbocycles. The van der Waals surface area contributed by atoms with Crippen LogP contribution in [0.2, 0.25) is 0 Å². The monoisotopic (exact) mass is 308 g/mol. The maximum Gasteiger partial charge on any atom is 0.239 e. The van der Waals surface area contributed by atoms with Crippen LogP contribution in [0, 0.1) is 0 Å². The Bertz CT molecular complexity index is 518. The Kier molecular flexibility index (Phi) is 4.06. The third kappa shape index (κ3) is 2.93. The van der Waals surface area contributed by atoms with Gasteiger partial charge in [-0.3, -0.25) is 10.4 Å². The van der Waals surface area contributed by atoms with E-state index in [1.807, 2.05) is 19.1 Å². The highest BCUT2D eigenvalue weighted by Crippen LogP contribution is 2.24. The summed E-state index contributed by atoms with van der Waals surface area (Å²) in [7, 11) is 0. The number of hydrogen-bond donors (Lipinski definition) is 3. The summed E-state index contributed by atoms with van der Waals surface area (Å²) in [6.45, 7) is 2.04. The highest BCUT2D eigenvalue weighted by molar-refractivity contribution is 9.10. The van der Waals surface area contributed by atoms with Crippen LogP contribution in [0.3, 0.4) is 0 Å². The van der Waals surface area contributed by atoms with E-state index < -0.39 is 0 Å². The van der Waals surface area contributed by atoms with Crippen molar-refractivity contribution >= 4 is 27.7 Å². The first-order valence-corrected chi connectivity index (χ1v) is 6.15. The van der Waals surface area contributed by atoms with Crippen LogP contribution in [0.25, 0.3) is 0 Å². The van der Waals surface area contributed by atoms with Crippen LogP contribution < -0.4 is 16.6 Å². The van der Waals surface area contributed by atoms with E-state index in [0.29, 0.717) is 11.8 Å². The van der Waals surface area contributed by atoms with Gasteiger partial charge in [0, 0.05) is 18.6 Å². The molecule has 0 spiro atoms. The molecule has 0 saturated carbocycles. The largest absolute Gasteiger partial charge is 0.362 e. The molecule has 0 bridgehead atoms. The first-order valence-electron chi connectivity index (χ1n) is 5.36. The van der Waals surface area contributed by atoms with Gasteiger partial charge in [-0.15, -0.1) is 0 Å². The van der Waals surface area contributed by atoms with Gasteiger partial charge in [0.2, 0.25) is 5.95 Å². The number of nitrogens with one attached hydrogen (secondary N) is 2. The Hall–Kier alpha value is -1.73. The van der Waals surface area contributed by atoms with Gasteiger partial charge < -0.3 is 5.32 Å². The van der Waals surface area contributed by atoms with E-state index in [4.69, 9.17) is 5.84 Å². The fourth-order valence-corrected chi connectivity index (χ4v) is 1.78. The topological polar surface area (TPSA) is 88.8 Å². The fraction of sp³-hybridized carbons (Fsp3) is 0.182. The number of hydrazine groups is 1. The van der Waals surface area contributed by atoms with Crippen molar-refractivity contribution in [2.45, 2.75) is 13.0 Å².